The summed E-state index contributed by atoms with van der Waals surface area (Å²) in [7, 11) is 0. The first-order valence-corrected chi connectivity index (χ1v) is 15.3. The molecule has 2 aliphatic carbocycles. The quantitative estimate of drug-likeness (QED) is 0.343. The molecule has 2 aromatic rings. The zero-order chi connectivity index (χ0) is 26.4. The van der Waals surface area contributed by atoms with Crippen LogP contribution >= 0.6 is 35.0 Å². The Labute approximate surface area is 234 Å². The van der Waals surface area contributed by atoms with Crippen molar-refractivity contribution in [1.82, 2.24) is 25.0 Å². The third-order valence-electron chi connectivity index (χ3n) is 7.53. The van der Waals surface area contributed by atoms with Crippen molar-refractivity contribution in [1.29, 1.82) is 0 Å². The Morgan fingerprint density at radius 3 is 2.22 bits per heavy atom. The first kappa shape index (κ1) is 28.2. The first-order chi connectivity index (χ1) is 17.9. The van der Waals surface area contributed by atoms with Crippen LogP contribution in [0.1, 0.15) is 100 Å². The second-order valence-corrected chi connectivity index (χ2v) is 11.8. The summed E-state index contributed by atoms with van der Waals surface area (Å²) in [5.74, 6) is 0.964. The van der Waals surface area contributed by atoms with E-state index < -0.39 is 0 Å². The van der Waals surface area contributed by atoms with Gasteiger partial charge >= 0.3 is 0 Å². The van der Waals surface area contributed by atoms with Crippen molar-refractivity contribution in [2.24, 2.45) is 0 Å². The van der Waals surface area contributed by atoms with Crippen LogP contribution in [0.25, 0.3) is 0 Å². The molecule has 2 fully saturated rings. The van der Waals surface area contributed by atoms with E-state index >= 15 is 0 Å². The Morgan fingerprint density at radius 2 is 1.65 bits per heavy atom. The van der Waals surface area contributed by atoms with Gasteiger partial charge < -0.3 is 14.8 Å². The number of hydrogen-bond acceptors (Lipinski definition) is 5. The predicted molar refractivity (Wildman–Crippen MR) is 149 cm³/mol. The molecule has 10 heteroatoms. The monoisotopic (exact) mass is 565 g/mol. The molecule has 2 saturated carbocycles. The lowest BCUT2D eigenvalue weighted by Crippen LogP contribution is -2.49. The predicted octanol–water partition coefficient (Wildman–Crippen LogP) is 6.68. The van der Waals surface area contributed by atoms with Crippen LogP contribution in [0, 0.1) is 0 Å². The Balaban J connectivity index is 1.42. The highest BCUT2D eigenvalue weighted by molar-refractivity contribution is 7.99. The maximum Gasteiger partial charge on any atom is 0.251 e. The van der Waals surface area contributed by atoms with Gasteiger partial charge in [-0.05, 0) is 57.7 Å². The number of halogens is 2. The molecule has 0 spiro atoms. The average molecular weight is 567 g/mol. The number of thioether (sulfide) groups is 1. The van der Waals surface area contributed by atoms with E-state index in [-0.39, 0.29) is 17.9 Å². The summed E-state index contributed by atoms with van der Waals surface area (Å²) in [4.78, 5) is 28.6. The van der Waals surface area contributed by atoms with Crippen molar-refractivity contribution in [3.63, 3.8) is 0 Å². The molecule has 2 aliphatic rings. The normalized spacial score (nSPS) is 17.9. The van der Waals surface area contributed by atoms with Crippen molar-refractivity contribution >= 4 is 46.8 Å². The number of carbonyl (C=O) groups is 2. The van der Waals surface area contributed by atoms with Crippen LogP contribution in [0.15, 0.2) is 23.4 Å². The van der Waals surface area contributed by atoms with Gasteiger partial charge in [0, 0.05) is 24.2 Å². The van der Waals surface area contributed by atoms with Crippen LogP contribution in [0.3, 0.4) is 0 Å². The molecule has 1 heterocycles. The molecular formula is C27H37Cl2N5O2S. The number of carbonyl (C=O) groups excluding carboxylic acids is 2. The zero-order valence-corrected chi connectivity index (χ0v) is 24.0. The van der Waals surface area contributed by atoms with Crippen LogP contribution in [0.4, 0.5) is 0 Å². The van der Waals surface area contributed by atoms with Gasteiger partial charge in [-0.2, -0.15) is 0 Å². The van der Waals surface area contributed by atoms with Gasteiger partial charge in [-0.25, -0.2) is 0 Å². The van der Waals surface area contributed by atoms with E-state index in [0.717, 1.165) is 25.7 Å². The molecule has 2 amide bonds. The van der Waals surface area contributed by atoms with Gasteiger partial charge in [0.1, 0.15) is 0 Å². The molecule has 1 N–H and O–H groups in total. The number of rotatable bonds is 9. The minimum absolute atomic E-state index is 0.219. The summed E-state index contributed by atoms with van der Waals surface area (Å²) in [6.45, 7) is 4.53. The number of hydrogen-bond donors (Lipinski definition) is 1. The number of nitrogens with one attached hydrogen (secondary N) is 1. The van der Waals surface area contributed by atoms with Crippen molar-refractivity contribution < 1.29 is 9.59 Å². The fraction of sp³-hybridized carbons (Fsp3) is 0.630. The zero-order valence-electron chi connectivity index (χ0n) is 21.7. The number of benzene rings is 1. The van der Waals surface area contributed by atoms with Crippen molar-refractivity contribution in [3.05, 3.63) is 39.6 Å². The van der Waals surface area contributed by atoms with Crippen molar-refractivity contribution in [3.8, 4) is 0 Å². The van der Waals surface area contributed by atoms with Gasteiger partial charge in [0.05, 0.1) is 21.8 Å². The third-order valence-corrected chi connectivity index (χ3v) is 9.22. The Kier molecular flexibility index (Phi) is 10.2. The van der Waals surface area contributed by atoms with Crippen LogP contribution in [0.2, 0.25) is 10.0 Å². The molecule has 7 nitrogen and oxygen atoms in total. The van der Waals surface area contributed by atoms with Gasteiger partial charge in [-0.3, -0.25) is 9.59 Å². The van der Waals surface area contributed by atoms with Gasteiger partial charge in [0.15, 0.2) is 11.0 Å². The first-order valence-electron chi connectivity index (χ1n) is 13.5. The lowest BCUT2D eigenvalue weighted by atomic mass is 9.88. The Hall–Kier alpha value is -1.77. The summed E-state index contributed by atoms with van der Waals surface area (Å²) in [6, 6.07) is 5.17. The fourth-order valence-corrected chi connectivity index (χ4v) is 6.81. The van der Waals surface area contributed by atoms with Gasteiger partial charge in [0.25, 0.3) is 5.91 Å². The summed E-state index contributed by atoms with van der Waals surface area (Å²) < 4.78 is 1.98. The van der Waals surface area contributed by atoms with E-state index in [4.69, 9.17) is 23.2 Å². The molecule has 0 aliphatic heterocycles. The summed E-state index contributed by atoms with van der Waals surface area (Å²) in [5, 5.41) is 13.2. The smallest absolute Gasteiger partial charge is 0.251 e. The maximum atomic E-state index is 13.6. The second kappa shape index (κ2) is 13.3. The molecule has 37 heavy (non-hydrogen) atoms. The highest BCUT2D eigenvalue weighted by Gasteiger charge is 2.32. The molecule has 0 saturated heterocycles. The molecule has 1 aromatic carbocycles. The highest BCUT2D eigenvalue weighted by Crippen LogP contribution is 2.32. The second-order valence-electron chi connectivity index (χ2n) is 10.1. The molecule has 0 unspecified atom stereocenters. The Bertz CT molecular complexity index is 1060. The van der Waals surface area contributed by atoms with E-state index in [1.807, 2.05) is 18.4 Å². The number of nitrogens with zero attached hydrogens (tertiary/aromatic N) is 4. The van der Waals surface area contributed by atoms with Crippen LogP contribution < -0.4 is 5.32 Å². The van der Waals surface area contributed by atoms with Crippen molar-refractivity contribution in [2.45, 2.75) is 108 Å². The summed E-state index contributed by atoms with van der Waals surface area (Å²) >= 11 is 13.5. The van der Waals surface area contributed by atoms with E-state index in [2.05, 4.69) is 20.4 Å². The Morgan fingerprint density at radius 1 is 1.03 bits per heavy atom. The standard InChI is InChI=1S/C27H37Cl2N5O2S/c1-3-33-25(18(2)30-26(36)19-14-15-22(28)23(29)16-19)31-32-27(33)37-17-24(35)34(20-10-6-4-7-11-20)21-12-8-5-9-13-21/h14-16,18,20-21H,3-13,17H2,1-2H3,(H,30,36)/t18-/m1/s1. The van der Waals surface area contributed by atoms with Gasteiger partial charge in [-0.15, -0.1) is 10.2 Å². The molecule has 0 bridgehead atoms. The SMILES string of the molecule is CCn1c(SCC(=O)N(C2CCCCC2)C2CCCCC2)nnc1[C@@H](C)NC(=O)c1ccc(Cl)c(Cl)c1. The van der Waals surface area contributed by atoms with Crippen LogP contribution in [0.5, 0.6) is 0 Å². The highest BCUT2D eigenvalue weighted by atomic mass is 35.5. The molecule has 0 radical (unpaired) electrons. The minimum Gasteiger partial charge on any atom is -0.342 e. The third kappa shape index (κ3) is 7.01. The minimum atomic E-state index is -0.375. The summed E-state index contributed by atoms with van der Waals surface area (Å²) in [5.41, 5.74) is 0.425. The molecular weight excluding hydrogens is 529 g/mol. The lowest BCUT2D eigenvalue weighted by molar-refractivity contribution is -0.135. The van der Waals surface area contributed by atoms with E-state index in [0.29, 0.717) is 51.0 Å². The van der Waals surface area contributed by atoms with E-state index in [1.54, 1.807) is 18.2 Å². The topological polar surface area (TPSA) is 80.1 Å². The summed E-state index contributed by atoms with van der Waals surface area (Å²) in [6.07, 6.45) is 11.9. The van der Waals surface area contributed by atoms with Gasteiger partial charge in [0.2, 0.25) is 5.91 Å². The molecule has 202 valence electrons. The van der Waals surface area contributed by atoms with E-state index in [9.17, 15) is 9.59 Å². The van der Waals surface area contributed by atoms with E-state index in [1.165, 1.54) is 50.3 Å². The van der Waals surface area contributed by atoms with Crippen LogP contribution in [-0.4, -0.2) is 49.3 Å². The molecule has 1 atom stereocenters. The van der Waals surface area contributed by atoms with Gasteiger partial charge in [-0.1, -0.05) is 73.5 Å². The molecule has 4 rings (SSSR count). The van der Waals surface area contributed by atoms with Crippen molar-refractivity contribution in [2.75, 3.05) is 5.75 Å². The number of amides is 2. The van der Waals surface area contributed by atoms with Crippen LogP contribution in [-0.2, 0) is 11.3 Å². The largest absolute Gasteiger partial charge is 0.342 e. The molecule has 1 aromatic heterocycles. The number of aromatic nitrogens is 3. The maximum absolute atomic E-state index is 13.6. The fourth-order valence-electron chi connectivity index (χ4n) is 5.63. The average Bonchev–Trinajstić information content (AvgIpc) is 3.33. The lowest BCUT2D eigenvalue weighted by Gasteiger charge is -2.41.